The molecular weight excluding hydrogens is 246 g/mol. The Bertz CT molecular complexity index is 309. The van der Waals surface area contributed by atoms with Crippen molar-refractivity contribution in [3.05, 3.63) is 0 Å². The molecular formula is C10H21NO5S. The van der Waals surface area contributed by atoms with Gasteiger partial charge in [-0.2, -0.15) is 0 Å². The van der Waals surface area contributed by atoms with Crippen molar-refractivity contribution in [2.45, 2.75) is 19.9 Å². The zero-order valence-electron chi connectivity index (χ0n) is 10.6. The van der Waals surface area contributed by atoms with Crippen LogP contribution in [0.5, 0.6) is 0 Å². The lowest BCUT2D eigenvalue weighted by Crippen LogP contribution is -2.40. The molecule has 0 fully saturated rings. The molecule has 1 N–H and O–H groups in total. The normalized spacial score (nSPS) is 13.4. The molecule has 0 saturated carbocycles. The molecule has 0 aromatic carbocycles. The Kier molecular flexibility index (Phi) is 8.11. The number of ether oxygens (including phenoxy) is 2. The number of carbonyl (C=O) groups excluding carboxylic acids is 1. The summed E-state index contributed by atoms with van der Waals surface area (Å²) in [7, 11) is -1.96. The van der Waals surface area contributed by atoms with E-state index in [-0.39, 0.29) is 25.0 Å². The molecule has 0 aromatic heterocycles. The standard InChI is InChI=1S/C10H21NO5S/c1-4-11-9(6-15-3)7-17(13,14)8-10(12)16-5-2/h9,11H,4-8H2,1-3H3. The number of esters is 1. The molecule has 6 nitrogen and oxygen atoms in total. The molecule has 0 aliphatic carbocycles. The van der Waals surface area contributed by atoms with Crippen LogP contribution in [0.25, 0.3) is 0 Å². The predicted molar refractivity (Wildman–Crippen MR) is 64.6 cm³/mol. The van der Waals surface area contributed by atoms with E-state index in [0.717, 1.165) is 0 Å². The Morgan fingerprint density at radius 2 is 2.00 bits per heavy atom. The minimum atomic E-state index is -3.46. The lowest BCUT2D eigenvalue weighted by atomic mass is 10.3. The van der Waals surface area contributed by atoms with Gasteiger partial charge in [-0.15, -0.1) is 0 Å². The van der Waals surface area contributed by atoms with Crippen molar-refractivity contribution in [3.63, 3.8) is 0 Å². The zero-order valence-corrected chi connectivity index (χ0v) is 11.4. The van der Waals surface area contributed by atoms with Gasteiger partial charge in [0.1, 0.15) is 5.75 Å². The SMILES string of the molecule is CCNC(COC)CS(=O)(=O)CC(=O)OCC. The number of nitrogens with one attached hydrogen (secondary N) is 1. The van der Waals surface area contributed by atoms with Crippen LogP contribution in [0.1, 0.15) is 13.8 Å². The summed E-state index contributed by atoms with van der Waals surface area (Å²) in [6.07, 6.45) is 0. The molecule has 0 spiro atoms. The first-order chi connectivity index (χ1) is 7.95. The van der Waals surface area contributed by atoms with E-state index in [2.05, 4.69) is 10.1 Å². The maximum atomic E-state index is 11.7. The number of rotatable bonds is 9. The summed E-state index contributed by atoms with van der Waals surface area (Å²) in [5.41, 5.74) is 0. The molecule has 0 aliphatic heterocycles. The minimum absolute atomic E-state index is 0.131. The first kappa shape index (κ1) is 16.3. The summed E-state index contributed by atoms with van der Waals surface area (Å²) in [6.45, 7) is 4.62. The predicted octanol–water partition coefficient (Wildman–Crippen LogP) is -0.411. The molecule has 102 valence electrons. The third-order valence-corrected chi connectivity index (χ3v) is 3.54. The molecule has 7 heteroatoms. The molecule has 17 heavy (non-hydrogen) atoms. The van der Waals surface area contributed by atoms with E-state index >= 15 is 0 Å². The summed E-state index contributed by atoms with van der Waals surface area (Å²) in [6, 6.07) is -0.301. The lowest BCUT2D eigenvalue weighted by Gasteiger charge is -2.16. The maximum absolute atomic E-state index is 11.7. The van der Waals surface area contributed by atoms with E-state index < -0.39 is 21.6 Å². The summed E-state index contributed by atoms with van der Waals surface area (Å²) in [4.78, 5) is 11.1. The highest BCUT2D eigenvalue weighted by molar-refractivity contribution is 7.92. The average Bonchev–Trinajstić information content (AvgIpc) is 2.16. The van der Waals surface area contributed by atoms with Gasteiger partial charge in [0, 0.05) is 13.2 Å². The van der Waals surface area contributed by atoms with Gasteiger partial charge in [0.05, 0.1) is 19.0 Å². The number of methoxy groups -OCH3 is 1. The fourth-order valence-electron chi connectivity index (χ4n) is 1.40. The summed E-state index contributed by atoms with van der Waals surface area (Å²) in [5.74, 6) is -1.42. The Morgan fingerprint density at radius 1 is 1.35 bits per heavy atom. The summed E-state index contributed by atoms with van der Waals surface area (Å²) in [5, 5.41) is 2.99. The first-order valence-electron chi connectivity index (χ1n) is 5.53. The highest BCUT2D eigenvalue weighted by Crippen LogP contribution is 1.98. The van der Waals surface area contributed by atoms with Gasteiger partial charge in [-0.05, 0) is 13.5 Å². The van der Waals surface area contributed by atoms with E-state index in [1.165, 1.54) is 7.11 Å². The number of likely N-dealkylation sites (N-methyl/N-ethyl adjacent to an activating group) is 1. The van der Waals surface area contributed by atoms with Crippen LogP contribution in [-0.2, 0) is 24.1 Å². The van der Waals surface area contributed by atoms with E-state index in [4.69, 9.17) is 4.74 Å². The van der Waals surface area contributed by atoms with Crippen LogP contribution >= 0.6 is 0 Å². The van der Waals surface area contributed by atoms with Crippen molar-refractivity contribution < 1.29 is 22.7 Å². The van der Waals surface area contributed by atoms with Crippen molar-refractivity contribution in [2.75, 3.05) is 38.4 Å². The van der Waals surface area contributed by atoms with Crippen molar-refractivity contribution in [1.82, 2.24) is 5.32 Å². The summed E-state index contributed by atoms with van der Waals surface area (Å²) < 4.78 is 32.9. The highest BCUT2D eigenvalue weighted by atomic mass is 32.2. The van der Waals surface area contributed by atoms with Crippen LogP contribution in [0.2, 0.25) is 0 Å². The molecule has 1 atom stereocenters. The van der Waals surface area contributed by atoms with Gasteiger partial charge in [0.25, 0.3) is 0 Å². The van der Waals surface area contributed by atoms with Crippen LogP contribution < -0.4 is 5.32 Å². The number of sulfone groups is 1. The van der Waals surface area contributed by atoms with Crippen LogP contribution in [0.15, 0.2) is 0 Å². The van der Waals surface area contributed by atoms with Gasteiger partial charge >= 0.3 is 5.97 Å². The molecule has 0 heterocycles. The van der Waals surface area contributed by atoms with E-state index in [9.17, 15) is 13.2 Å². The third-order valence-electron chi connectivity index (χ3n) is 1.96. The molecule has 0 saturated heterocycles. The molecule has 0 rings (SSSR count). The quantitative estimate of drug-likeness (QED) is 0.572. The maximum Gasteiger partial charge on any atom is 0.321 e. The van der Waals surface area contributed by atoms with E-state index in [1.807, 2.05) is 6.92 Å². The smallest absolute Gasteiger partial charge is 0.321 e. The van der Waals surface area contributed by atoms with E-state index in [1.54, 1.807) is 6.92 Å². The second kappa shape index (κ2) is 8.43. The second-order valence-corrected chi connectivity index (χ2v) is 5.68. The fourth-order valence-corrected chi connectivity index (χ4v) is 2.79. The zero-order chi connectivity index (χ0) is 13.3. The highest BCUT2D eigenvalue weighted by Gasteiger charge is 2.22. The first-order valence-corrected chi connectivity index (χ1v) is 7.35. The molecule has 0 bridgehead atoms. The lowest BCUT2D eigenvalue weighted by molar-refractivity contribution is -0.139. The van der Waals surface area contributed by atoms with Crippen LogP contribution in [0.3, 0.4) is 0 Å². The van der Waals surface area contributed by atoms with Gasteiger partial charge < -0.3 is 14.8 Å². The number of carbonyl (C=O) groups is 1. The second-order valence-electron chi connectivity index (χ2n) is 3.57. The molecule has 0 amide bonds. The van der Waals surface area contributed by atoms with E-state index in [0.29, 0.717) is 6.54 Å². The van der Waals surface area contributed by atoms with Crippen molar-refractivity contribution in [1.29, 1.82) is 0 Å². The van der Waals surface area contributed by atoms with Crippen molar-refractivity contribution in [3.8, 4) is 0 Å². The number of hydrogen-bond acceptors (Lipinski definition) is 6. The minimum Gasteiger partial charge on any atom is -0.465 e. The third kappa shape index (κ3) is 8.12. The van der Waals surface area contributed by atoms with Crippen LogP contribution in [0, 0.1) is 0 Å². The molecule has 0 aliphatic rings. The van der Waals surface area contributed by atoms with Crippen molar-refractivity contribution in [2.24, 2.45) is 0 Å². The van der Waals surface area contributed by atoms with Crippen molar-refractivity contribution >= 4 is 15.8 Å². The molecule has 0 aromatic rings. The van der Waals surface area contributed by atoms with Gasteiger partial charge in [-0.1, -0.05) is 6.92 Å². The van der Waals surface area contributed by atoms with Gasteiger partial charge in [0.15, 0.2) is 9.84 Å². The van der Waals surface area contributed by atoms with Crippen LogP contribution in [-0.4, -0.2) is 58.8 Å². The Labute approximate surface area is 103 Å². The molecule has 1 unspecified atom stereocenters. The number of hydrogen-bond donors (Lipinski definition) is 1. The molecule has 0 radical (unpaired) electrons. The van der Waals surface area contributed by atoms with Gasteiger partial charge in [0.2, 0.25) is 0 Å². The van der Waals surface area contributed by atoms with Gasteiger partial charge in [-0.25, -0.2) is 8.42 Å². The fraction of sp³-hybridized carbons (Fsp3) is 0.900. The van der Waals surface area contributed by atoms with Gasteiger partial charge in [-0.3, -0.25) is 4.79 Å². The summed E-state index contributed by atoms with van der Waals surface area (Å²) >= 11 is 0. The topological polar surface area (TPSA) is 81.7 Å². The Balaban J connectivity index is 4.34. The Morgan fingerprint density at radius 3 is 2.47 bits per heavy atom. The largest absolute Gasteiger partial charge is 0.465 e. The van der Waals surface area contributed by atoms with Crippen LogP contribution in [0.4, 0.5) is 0 Å². The average molecular weight is 267 g/mol. The Hall–Kier alpha value is -0.660. The monoisotopic (exact) mass is 267 g/mol.